The highest BCUT2D eigenvalue weighted by atomic mass is 16.6. The third kappa shape index (κ3) is 7.38. The number of fused-ring (bicyclic) bond motifs is 1. The number of methoxy groups -OCH3 is 1. The molecule has 2 heterocycles. The fraction of sp³-hybridized carbons (Fsp3) is 0.316. The van der Waals surface area contributed by atoms with Crippen LogP contribution in [0.3, 0.4) is 0 Å². The predicted octanol–water partition coefficient (Wildman–Crippen LogP) is 4.54. The van der Waals surface area contributed by atoms with E-state index in [4.69, 9.17) is 19.0 Å². The molecule has 0 bridgehead atoms. The molecule has 2 aliphatic rings. The number of nitrogens with zero attached hydrogens (tertiary/aromatic N) is 1. The molecule has 12 nitrogen and oxygen atoms in total. The van der Waals surface area contributed by atoms with E-state index in [2.05, 4.69) is 15.8 Å². The fourth-order valence-corrected chi connectivity index (χ4v) is 6.19. The van der Waals surface area contributed by atoms with Crippen molar-refractivity contribution in [2.75, 3.05) is 25.6 Å². The number of carbonyl (C=O) groups excluding carboxylic acids is 1. The Labute approximate surface area is 289 Å². The van der Waals surface area contributed by atoms with E-state index in [1.807, 2.05) is 55.5 Å². The molecular formula is C38H41N3O9. The van der Waals surface area contributed by atoms with Crippen LogP contribution in [-0.4, -0.2) is 52.4 Å². The third-order valence-electron chi connectivity index (χ3n) is 8.88. The standard InChI is InChI=1S/C38H41N3O9/c1-22-4-7-31-29(12-22)38(46)40-37(39-31)24-6-8-33(28(13-24)20-44)48-10-3-11-49-36-16-23(5-9-34(36)47-2)35-17-32(41-50-35)25-14-26(18-42)30(21-45)27(15-25)19-43/h4-9,12-16,35,37,39,42-45H,3,10-11,17-21H2,1-2H3,(H,40,46). The van der Waals surface area contributed by atoms with Crippen molar-refractivity contribution in [1.82, 2.24) is 5.32 Å². The van der Waals surface area contributed by atoms with Gasteiger partial charge in [-0.25, -0.2) is 0 Å². The molecule has 0 aromatic heterocycles. The van der Waals surface area contributed by atoms with Crippen LogP contribution in [0.15, 0.2) is 71.9 Å². The monoisotopic (exact) mass is 683 g/mol. The third-order valence-corrected chi connectivity index (χ3v) is 8.88. The first-order valence-corrected chi connectivity index (χ1v) is 16.4. The van der Waals surface area contributed by atoms with Crippen LogP contribution in [0.2, 0.25) is 0 Å². The van der Waals surface area contributed by atoms with Crippen LogP contribution in [0.5, 0.6) is 17.2 Å². The number of aliphatic hydroxyl groups excluding tert-OH is 4. The highest BCUT2D eigenvalue weighted by Crippen LogP contribution is 2.36. The average molecular weight is 684 g/mol. The molecule has 50 heavy (non-hydrogen) atoms. The molecule has 12 heteroatoms. The van der Waals surface area contributed by atoms with Crippen molar-refractivity contribution < 1.29 is 44.3 Å². The van der Waals surface area contributed by atoms with Gasteiger partial charge in [-0.15, -0.1) is 0 Å². The molecule has 2 aliphatic heterocycles. The summed E-state index contributed by atoms with van der Waals surface area (Å²) in [7, 11) is 1.57. The Bertz CT molecular complexity index is 1870. The zero-order valence-electron chi connectivity index (χ0n) is 27.9. The van der Waals surface area contributed by atoms with Gasteiger partial charge >= 0.3 is 0 Å². The zero-order valence-corrected chi connectivity index (χ0v) is 27.9. The van der Waals surface area contributed by atoms with Crippen molar-refractivity contribution in [2.45, 2.75) is 58.5 Å². The van der Waals surface area contributed by atoms with Crippen LogP contribution in [0, 0.1) is 6.92 Å². The van der Waals surface area contributed by atoms with Gasteiger partial charge in [0.05, 0.1) is 58.0 Å². The van der Waals surface area contributed by atoms with Gasteiger partial charge in [-0.1, -0.05) is 28.9 Å². The molecule has 4 aromatic carbocycles. The van der Waals surface area contributed by atoms with Gasteiger partial charge in [0.15, 0.2) is 17.6 Å². The second kappa shape index (κ2) is 15.6. The number of hydrogen-bond donors (Lipinski definition) is 6. The Morgan fingerprint density at radius 2 is 1.48 bits per heavy atom. The van der Waals surface area contributed by atoms with Crippen LogP contribution < -0.4 is 24.8 Å². The minimum atomic E-state index is -0.444. The van der Waals surface area contributed by atoms with Gasteiger partial charge in [0.2, 0.25) is 0 Å². The molecule has 1 amide bonds. The van der Waals surface area contributed by atoms with Crippen molar-refractivity contribution in [3.63, 3.8) is 0 Å². The molecule has 0 radical (unpaired) electrons. The number of carbonyl (C=O) groups is 1. The van der Waals surface area contributed by atoms with Gasteiger partial charge in [-0.2, -0.15) is 0 Å². The highest BCUT2D eigenvalue weighted by Gasteiger charge is 2.27. The summed E-state index contributed by atoms with van der Waals surface area (Å²) in [5, 5.41) is 50.0. The average Bonchev–Trinajstić information content (AvgIpc) is 3.65. The minimum absolute atomic E-state index is 0.158. The van der Waals surface area contributed by atoms with Gasteiger partial charge < -0.3 is 50.1 Å². The normalized spacial score (nSPS) is 16.5. The Kier molecular flexibility index (Phi) is 10.8. The maximum absolute atomic E-state index is 12.7. The first-order chi connectivity index (χ1) is 24.3. The van der Waals surface area contributed by atoms with E-state index in [0.29, 0.717) is 82.4 Å². The molecule has 6 rings (SSSR count). The summed E-state index contributed by atoms with van der Waals surface area (Å²) in [4.78, 5) is 18.5. The molecule has 0 saturated carbocycles. The van der Waals surface area contributed by atoms with Crippen LogP contribution >= 0.6 is 0 Å². The van der Waals surface area contributed by atoms with E-state index in [1.165, 1.54) is 0 Å². The molecule has 2 atom stereocenters. The van der Waals surface area contributed by atoms with E-state index in [-0.39, 0.29) is 38.4 Å². The first kappa shape index (κ1) is 34.7. The van der Waals surface area contributed by atoms with Crippen LogP contribution in [0.1, 0.15) is 80.0 Å². The Balaban J connectivity index is 1.04. The first-order valence-electron chi connectivity index (χ1n) is 16.4. The molecule has 2 unspecified atom stereocenters. The Morgan fingerprint density at radius 1 is 0.780 bits per heavy atom. The van der Waals surface area contributed by atoms with Crippen molar-refractivity contribution in [3.8, 4) is 17.2 Å². The number of aryl methyl sites for hydroxylation is 1. The lowest BCUT2D eigenvalue weighted by Gasteiger charge is -2.29. The molecule has 0 spiro atoms. The van der Waals surface area contributed by atoms with Gasteiger partial charge in [0, 0.05) is 29.7 Å². The maximum atomic E-state index is 12.7. The number of anilines is 1. The number of rotatable bonds is 14. The lowest BCUT2D eigenvalue weighted by molar-refractivity contribution is 0.0854. The summed E-state index contributed by atoms with van der Waals surface area (Å²) in [6.45, 7) is 1.55. The van der Waals surface area contributed by atoms with E-state index in [1.54, 1.807) is 25.3 Å². The molecular weight excluding hydrogens is 642 g/mol. The number of ether oxygens (including phenoxy) is 3. The largest absolute Gasteiger partial charge is 0.493 e. The Hall–Kier alpha value is -5.14. The van der Waals surface area contributed by atoms with Gasteiger partial charge in [-0.05, 0) is 83.3 Å². The number of hydrogen-bond acceptors (Lipinski definition) is 11. The zero-order chi connectivity index (χ0) is 35.2. The summed E-state index contributed by atoms with van der Waals surface area (Å²) in [5.74, 6) is 1.49. The second-order valence-corrected chi connectivity index (χ2v) is 12.2. The van der Waals surface area contributed by atoms with Crippen LogP contribution in [0.25, 0.3) is 0 Å². The van der Waals surface area contributed by atoms with Crippen molar-refractivity contribution in [3.05, 3.63) is 117 Å². The SMILES string of the molecule is COc1ccc(C2CC(c3cc(CO)c(CO)c(CO)c3)=NO2)cc1OCCCOc1ccc(C2NC(=O)c3cc(C)ccc3N2)cc1CO. The van der Waals surface area contributed by atoms with Gasteiger partial charge in [0.1, 0.15) is 11.9 Å². The van der Waals surface area contributed by atoms with Crippen LogP contribution in [0.4, 0.5) is 5.69 Å². The smallest absolute Gasteiger partial charge is 0.255 e. The number of nitrogens with one attached hydrogen (secondary N) is 2. The van der Waals surface area contributed by atoms with Crippen molar-refractivity contribution in [2.24, 2.45) is 5.16 Å². The number of aliphatic hydroxyl groups is 4. The van der Waals surface area contributed by atoms with Crippen molar-refractivity contribution >= 4 is 17.3 Å². The number of benzene rings is 4. The van der Waals surface area contributed by atoms with E-state index >= 15 is 0 Å². The molecule has 6 N–H and O–H groups in total. The van der Waals surface area contributed by atoms with E-state index in [0.717, 1.165) is 22.4 Å². The molecule has 0 saturated heterocycles. The summed E-state index contributed by atoms with van der Waals surface area (Å²) in [6.07, 6.45) is 0.176. The quantitative estimate of drug-likeness (QED) is 0.104. The summed E-state index contributed by atoms with van der Waals surface area (Å²) >= 11 is 0. The van der Waals surface area contributed by atoms with Gasteiger partial charge in [-0.3, -0.25) is 4.79 Å². The fourth-order valence-electron chi connectivity index (χ4n) is 6.19. The lowest BCUT2D eigenvalue weighted by atomic mass is 9.94. The predicted molar refractivity (Wildman–Crippen MR) is 185 cm³/mol. The number of amides is 1. The molecule has 0 aliphatic carbocycles. The second-order valence-electron chi connectivity index (χ2n) is 12.2. The summed E-state index contributed by atoms with van der Waals surface area (Å²) in [6, 6.07) is 20.2. The van der Waals surface area contributed by atoms with E-state index in [9.17, 15) is 25.2 Å². The maximum Gasteiger partial charge on any atom is 0.255 e. The summed E-state index contributed by atoms with van der Waals surface area (Å²) in [5.41, 5.74) is 7.53. The Morgan fingerprint density at radius 3 is 2.18 bits per heavy atom. The van der Waals surface area contributed by atoms with E-state index < -0.39 is 6.17 Å². The minimum Gasteiger partial charge on any atom is -0.493 e. The molecule has 4 aromatic rings. The molecule has 262 valence electrons. The number of oxime groups is 1. The topological polar surface area (TPSA) is 171 Å². The van der Waals surface area contributed by atoms with Crippen molar-refractivity contribution in [1.29, 1.82) is 0 Å². The van der Waals surface area contributed by atoms with Gasteiger partial charge in [0.25, 0.3) is 5.91 Å². The molecule has 0 fully saturated rings. The summed E-state index contributed by atoms with van der Waals surface area (Å²) < 4.78 is 17.6. The lowest BCUT2D eigenvalue weighted by Crippen LogP contribution is -2.38. The highest BCUT2D eigenvalue weighted by molar-refractivity contribution is 6.02. The van der Waals surface area contributed by atoms with Crippen LogP contribution in [-0.2, 0) is 31.3 Å².